The summed E-state index contributed by atoms with van der Waals surface area (Å²) in [5.41, 5.74) is 1.10. The van der Waals surface area contributed by atoms with E-state index in [1.165, 1.54) is 0 Å². The van der Waals surface area contributed by atoms with Crippen molar-refractivity contribution in [2.45, 2.75) is 165 Å². The van der Waals surface area contributed by atoms with Gasteiger partial charge in [-0.05, 0) is 12.8 Å². The number of aromatic amines is 1. The molecule has 0 atom stereocenters. The molecule has 0 aliphatic heterocycles. The van der Waals surface area contributed by atoms with Gasteiger partial charge in [-0.3, -0.25) is 5.10 Å². The highest BCUT2D eigenvalue weighted by atomic mass is 16.5. The van der Waals surface area contributed by atoms with Crippen molar-refractivity contribution in [3.8, 4) is 0 Å². The van der Waals surface area contributed by atoms with Crippen LogP contribution in [0.15, 0.2) is 13.4 Å². The molecule has 4 aromatic heterocycles. The van der Waals surface area contributed by atoms with Crippen LogP contribution in [-0.2, 0) is 0 Å². The minimum absolute atomic E-state index is 0.329. The third kappa shape index (κ3) is 13.3. The predicted molar refractivity (Wildman–Crippen MR) is 179 cm³/mol. The Bertz CT molecular complexity index is 1170. The van der Waals surface area contributed by atoms with E-state index in [-0.39, 0.29) is 0 Å². The first-order chi connectivity index (χ1) is 20.8. The van der Waals surface area contributed by atoms with Gasteiger partial charge in [0, 0.05) is 41.4 Å². The molecule has 0 fully saturated rings. The van der Waals surface area contributed by atoms with Crippen LogP contribution in [0.4, 0.5) is 0 Å². The summed E-state index contributed by atoms with van der Waals surface area (Å²) in [6.45, 7) is 35.2. The van der Waals surface area contributed by atoms with E-state index in [2.05, 4.69) is 110 Å². The summed E-state index contributed by atoms with van der Waals surface area (Å²) in [5, 5.41) is 18.7. The fourth-order valence-corrected chi connectivity index (χ4v) is 3.45. The molecule has 1 N–H and O–H groups in total. The maximum Gasteiger partial charge on any atom is 0.229 e. The maximum absolute atomic E-state index is 5.53. The Labute approximate surface area is 271 Å². The van der Waals surface area contributed by atoms with Gasteiger partial charge in [0.15, 0.2) is 17.5 Å². The highest BCUT2D eigenvalue weighted by molar-refractivity contribution is 5.13. The number of hydrogen-bond acceptors (Lipinski definition) is 10. The van der Waals surface area contributed by atoms with Crippen LogP contribution in [0.25, 0.3) is 0 Å². The second kappa shape index (κ2) is 18.6. The van der Waals surface area contributed by atoms with Gasteiger partial charge in [-0.1, -0.05) is 116 Å². The molecule has 0 aromatic carbocycles. The van der Waals surface area contributed by atoms with Crippen molar-refractivity contribution in [3.63, 3.8) is 0 Å². The number of hydrogen-bond donors (Lipinski definition) is 1. The molecule has 45 heavy (non-hydrogen) atoms. The zero-order chi connectivity index (χ0) is 34.6. The van der Waals surface area contributed by atoms with Gasteiger partial charge in [-0.2, -0.15) is 10.1 Å². The fourth-order valence-electron chi connectivity index (χ4n) is 3.45. The molecule has 0 aliphatic carbocycles. The minimum Gasteiger partial charge on any atom is -0.445 e. The number of rotatable bonds is 8. The van der Waals surface area contributed by atoms with Gasteiger partial charge in [0.05, 0.1) is 5.69 Å². The predicted octanol–water partition coefficient (Wildman–Crippen LogP) is 9.91. The summed E-state index contributed by atoms with van der Waals surface area (Å²) < 4.78 is 15.9. The van der Waals surface area contributed by atoms with E-state index in [9.17, 15) is 0 Å². The minimum atomic E-state index is 0.329. The first-order valence-electron chi connectivity index (χ1n) is 16.4. The van der Waals surface area contributed by atoms with Crippen molar-refractivity contribution in [2.24, 2.45) is 0 Å². The van der Waals surface area contributed by atoms with E-state index < -0.39 is 0 Å². The van der Waals surface area contributed by atoms with Gasteiger partial charge in [0.25, 0.3) is 0 Å². The maximum atomic E-state index is 5.53. The molecule has 0 saturated heterocycles. The standard InChI is InChI=1S/C10H17NO.C8H15N3.2C8H14N2O/c1-6(2)9-8(5)12-10(11-9)7(3)4;1-5(2)7-9-8(6(3)4)11-10-7;1-5(2)7-9-10-8(11-7)6(3)4;1-5(2)7-9-8(6(3)4)11-10-7/h6-7H,1-5H3;5-6H,1-4H3,(H,9,10,11);2*5-6H,1-4H3. The Kier molecular flexibility index (Phi) is 16.4. The second-order valence-corrected chi connectivity index (χ2v) is 13.8. The van der Waals surface area contributed by atoms with Gasteiger partial charge in [0.2, 0.25) is 17.7 Å². The monoisotopic (exact) mass is 628 g/mol. The molecule has 11 heteroatoms. The van der Waals surface area contributed by atoms with Crippen molar-refractivity contribution in [1.82, 2.24) is 40.5 Å². The third-order valence-electron chi connectivity index (χ3n) is 6.38. The SMILES string of the molecule is CC(C)c1n[nH]c(C(C)C)n1.CC(C)c1nnc(C(C)C)o1.CC(C)c1noc(C(C)C)n1.Cc1oc(C(C)C)nc1C(C)C. The molecule has 0 unspecified atom stereocenters. The Balaban J connectivity index is 0.000000300. The lowest BCUT2D eigenvalue weighted by molar-refractivity contribution is 0.359. The fraction of sp³-hybridized carbons (Fsp3) is 0.735. The number of nitrogens with zero attached hydrogens (tertiary/aromatic N) is 7. The van der Waals surface area contributed by atoms with Crippen LogP contribution in [0.3, 0.4) is 0 Å². The largest absolute Gasteiger partial charge is 0.445 e. The Morgan fingerprint density at radius 3 is 1.20 bits per heavy atom. The van der Waals surface area contributed by atoms with Crippen molar-refractivity contribution >= 4 is 0 Å². The lowest BCUT2D eigenvalue weighted by atomic mass is 10.1. The van der Waals surface area contributed by atoms with E-state index in [0.29, 0.717) is 47.3 Å². The van der Waals surface area contributed by atoms with E-state index in [0.717, 1.165) is 52.5 Å². The molecule has 0 radical (unpaired) electrons. The van der Waals surface area contributed by atoms with Crippen molar-refractivity contribution in [2.75, 3.05) is 0 Å². The highest BCUT2D eigenvalue weighted by Crippen LogP contribution is 2.23. The lowest BCUT2D eigenvalue weighted by Gasteiger charge is -1.97. The molecular formula is C34H60N8O3. The second-order valence-electron chi connectivity index (χ2n) is 13.8. The summed E-state index contributed by atoms with van der Waals surface area (Å²) in [5.74, 6) is 9.74. The van der Waals surface area contributed by atoms with Crippen molar-refractivity contribution < 1.29 is 13.4 Å². The van der Waals surface area contributed by atoms with Crippen LogP contribution < -0.4 is 0 Å². The van der Waals surface area contributed by atoms with Gasteiger partial charge in [-0.25, -0.2) is 9.97 Å². The zero-order valence-corrected chi connectivity index (χ0v) is 31.0. The normalized spacial score (nSPS) is 11.5. The van der Waals surface area contributed by atoms with Crippen LogP contribution in [0.2, 0.25) is 0 Å². The van der Waals surface area contributed by atoms with E-state index in [1.807, 2.05) is 48.5 Å². The number of H-pyrrole nitrogens is 1. The molecule has 4 aromatic rings. The van der Waals surface area contributed by atoms with Gasteiger partial charge in [-0.15, -0.1) is 10.2 Å². The topological polar surface area (TPSA) is 145 Å². The molecule has 0 amide bonds. The smallest absolute Gasteiger partial charge is 0.229 e. The first-order valence-corrected chi connectivity index (χ1v) is 16.4. The van der Waals surface area contributed by atoms with Crippen LogP contribution >= 0.6 is 0 Å². The number of oxazole rings is 1. The third-order valence-corrected chi connectivity index (χ3v) is 6.38. The Morgan fingerprint density at radius 1 is 0.467 bits per heavy atom. The Hall–Kier alpha value is -3.37. The average Bonchev–Trinajstić information content (AvgIpc) is 3.75. The van der Waals surface area contributed by atoms with Gasteiger partial charge >= 0.3 is 0 Å². The summed E-state index contributed by atoms with van der Waals surface area (Å²) in [6, 6.07) is 0. The first kappa shape index (κ1) is 39.7. The summed E-state index contributed by atoms with van der Waals surface area (Å²) in [4.78, 5) is 13.0. The van der Waals surface area contributed by atoms with Crippen LogP contribution in [0.1, 0.15) is 211 Å². The number of nitrogens with one attached hydrogen (secondary N) is 1. The molecule has 0 bridgehead atoms. The zero-order valence-electron chi connectivity index (χ0n) is 31.0. The van der Waals surface area contributed by atoms with Crippen molar-refractivity contribution in [1.29, 1.82) is 0 Å². The summed E-state index contributed by atoms with van der Waals surface area (Å²) in [7, 11) is 0. The lowest BCUT2D eigenvalue weighted by Crippen LogP contribution is -1.92. The molecule has 11 nitrogen and oxygen atoms in total. The van der Waals surface area contributed by atoms with Crippen molar-refractivity contribution in [3.05, 3.63) is 52.5 Å². The van der Waals surface area contributed by atoms with Gasteiger partial charge < -0.3 is 13.4 Å². The highest BCUT2D eigenvalue weighted by Gasteiger charge is 2.15. The molecule has 0 spiro atoms. The van der Waals surface area contributed by atoms with Crippen LogP contribution in [0, 0.1) is 6.92 Å². The molecule has 0 saturated carbocycles. The number of aromatic nitrogens is 8. The van der Waals surface area contributed by atoms with E-state index in [1.54, 1.807) is 0 Å². The number of aryl methyl sites for hydroxylation is 1. The van der Waals surface area contributed by atoms with E-state index in [4.69, 9.17) is 13.4 Å². The quantitative estimate of drug-likeness (QED) is 0.200. The molecular weight excluding hydrogens is 568 g/mol. The van der Waals surface area contributed by atoms with E-state index >= 15 is 0 Å². The molecule has 254 valence electrons. The Morgan fingerprint density at radius 2 is 0.956 bits per heavy atom. The average molecular weight is 629 g/mol. The van der Waals surface area contributed by atoms with Crippen LogP contribution in [0.5, 0.6) is 0 Å². The van der Waals surface area contributed by atoms with Crippen LogP contribution in [-0.4, -0.2) is 40.5 Å². The molecule has 0 aliphatic rings. The summed E-state index contributed by atoms with van der Waals surface area (Å²) >= 11 is 0. The molecule has 4 rings (SSSR count). The molecule has 4 heterocycles. The van der Waals surface area contributed by atoms with Gasteiger partial charge in [0.1, 0.15) is 11.6 Å². The summed E-state index contributed by atoms with van der Waals surface area (Å²) in [6.07, 6.45) is 0.